The Labute approximate surface area is 118 Å². The molecule has 0 aliphatic heterocycles. The van der Waals surface area contributed by atoms with E-state index < -0.39 is 12.0 Å². The molecule has 0 fully saturated rings. The second kappa shape index (κ2) is 6.32. The van der Waals surface area contributed by atoms with Gasteiger partial charge >= 0.3 is 12.0 Å². The molecule has 0 bridgehead atoms. The molecule has 4 N–H and O–H groups in total. The first-order valence-corrected chi connectivity index (χ1v) is 5.78. The Morgan fingerprint density at radius 1 is 1.43 bits per heavy atom. The lowest BCUT2D eigenvalue weighted by atomic mass is 10.1. The monoisotopic (exact) mass is 292 g/mol. The Balaban J connectivity index is 2.04. The summed E-state index contributed by atoms with van der Waals surface area (Å²) in [6.45, 7) is 0.0564. The summed E-state index contributed by atoms with van der Waals surface area (Å²) in [5.41, 5.74) is 0.0676. The smallest absolute Gasteiger partial charge is 0.337 e. The lowest BCUT2D eigenvalue weighted by Crippen LogP contribution is -2.29. The number of nitrogens with zero attached hydrogens (tertiary/aromatic N) is 3. The molecule has 0 aliphatic rings. The number of ether oxygens (including phenoxy) is 1. The number of aromatic carboxylic acids is 1. The third-order valence-electron chi connectivity index (χ3n) is 2.50. The van der Waals surface area contributed by atoms with Crippen LogP contribution in [-0.4, -0.2) is 44.8 Å². The highest BCUT2D eigenvalue weighted by Crippen LogP contribution is 2.22. The van der Waals surface area contributed by atoms with Crippen molar-refractivity contribution in [2.24, 2.45) is 0 Å². The van der Waals surface area contributed by atoms with Crippen molar-refractivity contribution in [3.63, 3.8) is 0 Å². The van der Waals surface area contributed by atoms with Crippen LogP contribution in [-0.2, 0) is 6.54 Å². The van der Waals surface area contributed by atoms with E-state index in [0.29, 0.717) is 11.6 Å². The van der Waals surface area contributed by atoms with Crippen LogP contribution in [0.1, 0.15) is 16.2 Å². The fraction of sp³-hybridized carbons (Fsp3) is 0.182. The molecule has 2 rings (SSSR count). The molecule has 10 heteroatoms. The van der Waals surface area contributed by atoms with Gasteiger partial charge in [0.15, 0.2) is 5.82 Å². The number of methoxy groups -OCH3 is 1. The number of carboxylic acids is 1. The summed E-state index contributed by atoms with van der Waals surface area (Å²) >= 11 is 0. The van der Waals surface area contributed by atoms with Crippen molar-refractivity contribution in [1.82, 2.24) is 25.9 Å². The maximum Gasteiger partial charge on any atom is 0.337 e. The van der Waals surface area contributed by atoms with Gasteiger partial charge in [-0.2, -0.15) is 5.21 Å². The minimum Gasteiger partial charge on any atom is -0.497 e. The predicted octanol–water partition coefficient (Wildman–Crippen LogP) is 0.228. The van der Waals surface area contributed by atoms with Crippen molar-refractivity contribution in [1.29, 1.82) is 0 Å². The Morgan fingerprint density at radius 2 is 2.24 bits per heavy atom. The van der Waals surface area contributed by atoms with Gasteiger partial charge < -0.3 is 20.5 Å². The molecule has 0 aliphatic carbocycles. The second-order valence-electron chi connectivity index (χ2n) is 3.85. The first kappa shape index (κ1) is 14.2. The van der Waals surface area contributed by atoms with E-state index in [0.717, 1.165) is 0 Å². The normalized spacial score (nSPS) is 9.95. The number of urea groups is 1. The van der Waals surface area contributed by atoms with Gasteiger partial charge in [-0.05, 0) is 18.2 Å². The zero-order chi connectivity index (χ0) is 15.2. The summed E-state index contributed by atoms with van der Waals surface area (Å²) < 4.78 is 4.94. The van der Waals surface area contributed by atoms with Gasteiger partial charge in [-0.15, -0.1) is 10.2 Å². The number of hydrogen-bond acceptors (Lipinski definition) is 6. The molecule has 2 amide bonds. The topological polar surface area (TPSA) is 142 Å². The van der Waals surface area contributed by atoms with E-state index in [1.165, 1.54) is 19.2 Å². The van der Waals surface area contributed by atoms with E-state index in [1.54, 1.807) is 6.07 Å². The van der Waals surface area contributed by atoms with Gasteiger partial charge in [0.1, 0.15) is 5.75 Å². The average molecular weight is 292 g/mol. The van der Waals surface area contributed by atoms with Gasteiger partial charge in [0.05, 0.1) is 24.9 Å². The van der Waals surface area contributed by atoms with E-state index in [9.17, 15) is 9.59 Å². The fourth-order valence-electron chi connectivity index (χ4n) is 1.52. The summed E-state index contributed by atoms with van der Waals surface area (Å²) in [5, 5.41) is 26.9. The molecule has 0 spiro atoms. The minimum atomic E-state index is -1.18. The van der Waals surface area contributed by atoms with Gasteiger partial charge in [0.2, 0.25) is 0 Å². The number of nitrogens with one attached hydrogen (secondary N) is 3. The molecule has 1 heterocycles. The Bertz CT molecular complexity index is 642. The Morgan fingerprint density at radius 3 is 2.86 bits per heavy atom. The molecular weight excluding hydrogens is 280 g/mol. The number of carboxylic acid groups (broad SMARTS) is 1. The predicted molar refractivity (Wildman–Crippen MR) is 70.0 cm³/mol. The lowest BCUT2D eigenvalue weighted by molar-refractivity contribution is 0.0697. The van der Waals surface area contributed by atoms with Crippen LogP contribution in [0.2, 0.25) is 0 Å². The second-order valence-corrected chi connectivity index (χ2v) is 3.85. The van der Waals surface area contributed by atoms with Crippen LogP contribution in [0.4, 0.5) is 10.5 Å². The van der Waals surface area contributed by atoms with Crippen molar-refractivity contribution >= 4 is 17.7 Å². The van der Waals surface area contributed by atoms with Crippen LogP contribution in [0.3, 0.4) is 0 Å². The fourth-order valence-corrected chi connectivity index (χ4v) is 1.52. The molecular formula is C11H12N6O4. The molecule has 0 saturated carbocycles. The summed E-state index contributed by atoms with van der Waals surface area (Å²) in [5.74, 6) is -0.495. The van der Waals surface area contributed by atoms with E-state index in [-0.39, 0.29) is 17.8 Å². The maximum atomic E-state index is 11.7. The van der Waals surface area contributed by atoms with Crippen molar-refractivity contribution in [3.8, 4) is 5.75 Å². The molecule has 1 aromatic heterocycles. The molecule has 0 radical (unpaired) electrons. The zero-order valence-electron chi connectivity index (χ0n) is 11.0. The number of amides is 2. The highest BCUT2D eigenvalue weighted by molar-refractivity contribution is 6.00. The molecule has 1 aromatic carbocycles. The summed E-state index contributed by atoms with van der Waals surface area (Å²) in [7, 11) is 1.42. The number of benzene rings is 1. The molecule has 0 unspecified atom stereocenters. The molecule has 0 saturated heterocycles. The third kappa shape index (κ3) is 3.65. The number of aromatic nitrogens is 4. The number of carbonyl (C=O) groups is 2. The molecule has 110 valence electrons. The number of rotatable bonds is 5. The average Bonchev–Trinajstić information content (AvgIpc) is 2.98. The van der Waals surface area contributed by atoms with Crippen LogP contribution in [0.25, 0.3) is 0 Å². The summed E-state index contributed by atoms with van der Waals surface area (Å²) in [6, 6.07) is 3.71. The minimum absolute atomic E-state index is 0.0564. The number of anilines is 1. The van der Waals surface area contributed by atoms with Crippen molar-refractivity contribution in [2.45, 2.75) is 6.54 Å². The molecule has 21 heavy (non-hydrogen) atoms. The first-order valence-electron chi connectivity index (χ1n) is 5.78. The quantitative estimate of drug-likeness (QED) is 0.617. The van der Waals surface area contributed by atoms with E-state index in [2.05, 4.69) is 31.3 Å². The Kier molecular flexibility index (Phi) is 4.29. The molecule has 0 atom stereocenters. The molecule has 10 nitrogen and oxygen atoms in total. The maximum absolute atomic E-state index is 11.7. The van der Waals surface area contributed by atoms with Gasteiger partial charge in [-0.3, -0.25) is 0 Å². The number of H-pyrrole nitrogens is 1. The van der Waals surface area contributed by atoms with Gasteiger partial charge in [-0.25, -0.2) is 9.59 Å². The van der Waals surface area contributed by atoms with Crippen molar-refractivity contribution in [2.75, 3.05) is 12.4 Å². The molecule has 2 aromatic rings. The van der Waals surface area contributed by atoms with Crippen molar-refractivity contribution < 1.29 is 19.4 Å². The summed E-state index contributed by atoms with van der Waals surface area (Å²) in [4.78, 5) is 22.9. The van der Waals surface area contributed by atoms with E-state index >= 15 is 0 Å². The largest absolute Gasteiger partial charge is 0.497 e. The highest BCUT2D eigenvalue weighted by Gasteiger charge is 2.14. The SMILES string of the molecule is COc1ccc(NC(=O)NCc2nn[nH]n2)c(C(=O)O)c1. The zero-order valence-corrected chi connectivity index (χ0v) is 11.0. The van der Waals surface area contributed by atoms with Gasteiger partial charge in [0, 0.05) is 0 Å². The third-order valence-corrected chi connectivity index (χ3v) is 2.50. The number of aromatic amines is 1. The first-order chi connectivity index (χ1) is 10.1. The van der Waals surface area contributed by atoms with Gasteiger partial charge in [0.25, 0.3) is 0 Å². The van der Waals surface area contributed by atoms with Crippen LogP contribution >= 0.6 is 0 Å². The number of hydrogen-bond donors (Lipinski definition) is 4. The lowest BCUT2D eigenvalue weighted by Gasteiger charge is -2.10. The van der Waals surface area contributed by atoms with E-state index in [1.807, 2.05) is 0 Å². The standard InChI is InChI=1S/C11H12N6O4/c1-21-6-2-3-8(7(4-6)10(18)19)13-11(20)12-5-9-14-16-17-15-9/h2-4H,5H2,1H3,(H,18,19)(H2,12,13,20)(H,14,15,16,17). The van der Waals surface area contributed by atoms with Crippen molar-refractivity contribution in [3.05, 3.63) is 29.6 Å². The van der Waals surface area contributed by atoms with E-state index in [4.69, 9.17) is 9.84 Å². The number of carbonyl (C=O) groups excluding carboxylic acids is 1. The highest BCUT2D eigenvalue weighted by atomic mass is 16.5. The van der Waals surface area contributed by atoms with Crippen LogP contribution in [0.5, 0.6) is 5.75 Å². The van der Waals surface area contributed by atoms with Crippen LogP contribution < -0.4 is 15.4 Å². The number of tetrazole rings is 1. The van der Waals surface area contributed by atoms with Gasteiger partial charge in [-0.1, -0.05) is 5.21 Å². The van der Waals surface area contributed by atoms with Crippen LogP contribution in [0, 0.1) is 0 Å². The Hall–Kier alpha value is -3.17. The summed E-state index contributed by atoms with van der Waals surface area (Å²) in [6.07, 6.45) is 0. The van der Waals surface area contributed by atoms with Crippen LogP contribution in [0.15, 0.2) is 18.2 Å².